The Labute approximate surface area is 579 Å². The fourth-order valence-electron chi connectivity index (χ4n) is 12.3. The second kappa shape index (κ2) is 30.7. The van der Waals surface area contributed by atoms with Gasteiger partial charge in [-0.3, -0.25) is 0 Å². The van der Waals surface area contributed by atoms with Crippen molar-refractivity contribution in [3.8, 4) is 92.0 Å². The van der Waals surface area contributed by atoms with E-state index >= 15 is 0 Å². The minimum atomic E-state index is -0.561. The van der Waals surface area contributed by atoms with Gasteiger partial charge >= 0.3 is 0 Å². The van der Waals surface area contributed by atoms with Crippen LogP contribution >= 0.6 is 0 Å². The van der Waals surface area contributed by atoms with Crippen LogP contribution in [-0.4, -0.2) is 81.7 Å². The quantitative estimate of drug-likeness (QED) is 0.0399. The minimum absolute atomic E-state index is 0.0261. The highest BCUT2D eigenvalue weighted by atomic mass is 16.3. The van der Waals surface area contributed by atoms with Gasteiger partial charge in [-0.15, -0.1) is 0 Å². The number of hydrogen-bond donors (Lipinski definition) is 16. The lowest BCUT2D eigenvalue weighted by Crippen LogP contribution is -2.06. The van der Waals surface area contributed by atoms with Crippen LogP contribution in [-0.2, 0) is 0 Å². The first-order chi connectivity index (χ1) is 47.5. The van der Waals surface area contributed by atoms with Crippen LogP contribution in [0.3, 0.4) is 0 Å². The van der Waals surface area contributed by atoms with Crippen LogP contribution in [0.25, 0.3) is 0 Å². The Morgan fingerprint density at radius 1 is 0.180 bits per heavy atom. The maximum Gasteiger partial charge on any atom is 0.157 e. The normalized spacial score (nSPS) is 11.0. The molecule has 0 spiro atoms. The van der Waals surface area contributed by atoms with Crippen LogP contribution in [0.4, 0.5) is 0 Å². The number of para-hydroxylation sites is 1. The standard InChI is InChI=1S/C23H24O3.C21H20O5.C21H20O4.C19H16O4/c1-13-9-17(10-14(2)22(13)25)21(19-7-5-6-8-20(19)24)18-11-15(3)23(26)16(4)12-18;1-11-17(23)9-7-15(20(11)25)19(13-3-5-14(22)6-4-13)16-8-10-18(24)12(2)21(16)26;1-12-9-14(3-6-17(12)22)21(15-4-7-18(23)13(2)10-15)16-5-8-19(24)20(25)11-16;20-15-6-1-12(2-7-15)19(13-3-8-16(21)9-4-13)14-5-10-17(22)18(23)11-14/h5-12,21,24-26H,1-4H3;3-10,19,22-26H,1-2H3;3-11,21-25H,1-2H3;1-11,19-23H. The molecule has 0 fully saturated rings. The number of benzene rings is 12. The molecular weight excluding hydrogens is 1260 g/mol. The first-order valence-electron chi connectivity index (χ1n) is 31.9. The van der Waals surface area contributed by atoms with Crippen molar-refractivity contribution in [3.63, 3.8) is 0 Å². The maximum atomic E-state index is 10.6. The van der Waals surface area contributed by atoms with Gasteiger partial charge in [0.05, 0.1) is 0 Å². The summed E-state index contributed by atoms with van der Waals surface area (Å²) in [5.41, 5.74) is 15.1. The van der Waals surface area contributed by atoms with Gasteiger partial charge in [-0.25, -0.2) is 0 Å². The lowest BCUT2D eigenvalue weighted by atomic mass is 9.82. The molecule has 0 bridgehead atoms. The molecule has 16 heteroatoms. The Morgan fingerprint density at radius 3 is 0.790 bits per heavy atom. The number of phenolic OH excluding ortho intramolecular Hbond substituents is 16. The molecule has 0 unspecified atom stereocenters. The van der Waals surface area contributed by atoms with Crippen molar-refractivity contribution in [3.05, 3.63) is 330 Å². The molecule has 0 radical (unpaired) electrons. The van der Waals surface area contributed by atoms with Gasteiger partial charge in [0.2, 0.25) is 0 Å². The molecule has 512 valence electrons. The zero-order valence-electron chi connectivity index (χ0n) is 56.2. The predicted molar refractivity (Wildman–Crippen MR) is 386 cm³/mol. The number of aryl methyl sites for hydroxylation is 6. The van der Waals surface area contributed by atoms with E-state index in [1.165, 1.54) is 48.5 Å². The molecule has 0 aliphatic rings. The van der Waals surface area contributed by atoms with Crippen LogP contribution in [0.5, 0.6) is 92.0 Å². The number of hydrogen-bond acceptors (Lipinski definition) is 16. The molecule has 16 N–H and O–H groups in total. The Morgan fingerprint density at radius 2 is 0.460 bits per heavy atom. The van der Waals surface area contributed by atoms with E-state index in [0.717, 1.165) is 89.0 Å². The molecule has 16 nitrogen and oxygen atoms in total. The summed E-state index contributed by atoms with van der Waals surface area (Å²) in [5, 5.41) is 159. The van der Waals surface area contributed by atoms with Crippen LogP contribution in [0.2, 0.25) is 0 Å². The third-order valence-corrected chi connectivity index (χ3v) is 17.9. The molecule has 12 aromatic rings. The third-order valence-electron chi connectivity index (χ3n) is 17.9. The fraction of sp³-hybridized carbons (Fsp3) is 0.143. The minimum Gasteiger partial charge on any atom is -0.508 e. The van der Waals surface area contributed by atoms with Gasteiger partial charge < -0.3 is 81.7 Å². The molecule has 0 saturated heterocycles. The van der Waals surface area contributed by atoms with E-state index < -0.39 is 5.92 Å². The van der Waals surface area contributed by atoms with Crippen LogP contribution in [0.15, 0.2) is 218 Å². The highest BCUT2D eigenvalue weighted by Crippen LogP contribution is 2.47. The summed E-state index contributed by atoms with van der Waals surface area (Å²) in [6.45, 7) is 14.4. The lowest BCUT2D eigenvalue weighted by Gasteiger charge is -2.23. The van der Waals surface area contributed by atoms with E-state index in [1.54, 1.807) is 123 Å². The van der Waals surface area contributed by atoms with Crippen LogP contribution < -0.4 is 0 Å². The molecule has 0 aliphatic carbocycles. The van der Waals surface area contributed by atoms with Gasteiger partial charge in [0, 0.05) is 51.5 Å². The average Bonchev–Trinajstić information content (AvgIpc) is 0.779. The Bertz CT molecular complexity index is 4580. The Hall–Kier alpha value is -12.6. The maximum absolute atomic E-state index is 10.6. The third kappa shape index (κ3) is 16.1. The largest absolute Gasteiger partial charge is 0.508 e. The van der Waals surface area contributed by atoms with Crippen molar-refractivity contribution >= 4 is 0 Å². The molecule has 12 rings (SSSR count). The van der Waals surface area contributed by atoms with Gasteiger partial charge in [-0.2, -0.15) is 0 Å². The van der Waals surface area contributed by atoms with E-state index in [9.17, 15) is 81.7 Å². The topological polar surface area (TPSA) is 324 Å². The first kappa shape index (κ1) is 71.7. The zero-order chi connectivity index (χ0) is 72.5. The SMILES string of the molecule is Cc1c(O)ccc(C(c2ccc(O)cc2)c2ccc(O)c(C)c2O)c1O.Cc1cc(C(c2cc(C)c(O)c(C)c2)c2ccccc2O)cc(C)c1O.Cc1cc(C(c2ccc(O)c(C)c2)c2ccc(O)c(O)c2)ccc1O.Oc1ccc(C(c2ccc(O)cc2)c2ccc(O)c(O)c2)cc1. The van der Waals surface area contributed by atoms with Crippen molar-refractivity contribution in [2.75, 3.05) is 0 Å². The molecule has 0 aliphatic heterocycles. The van der Waals surface area contributed by atoms with Crippen LogP contribution in [0, 0.1) is 55.4 Å². The van der Waals surface area contributed by atoms with E-state index in [-0.39, 0.29) is 98.2 Å². The zero-order valence-corrected chi connectivity index (χ0v) is 56.2. The average molecular weight is 1350 g/mol. The van der Waals surface area contributed by atoms with Gasteiger partial charge in [0.25, 0.3) is 0 Å². The molecule has 0 heterocycles. The summed E-state index contributed by atoms with van der Waals surface area (Å²) in [7, 11) is 0. The molecule has 0 aromatic heterocycles. The molecule has 100 heavy (non-hydrogen) atoms. The molecule has 0 amide bonds. The number of rotatable bonds is 12. The first-order valence-corrected chi connectivity index (χ1v) is 31.9. The molecule has 0 atom stereocenters. The summed E-state index contributed by atoms with van der Waals surface area (Å²) in [5.74, 6) is -0.415. The fourth-order valence-corrected chi connectivity index (χ4v) is 12.3. The van der Waals surface area contributed by atoms with Crippen molar-refractivity contribution in [1.29, 1.82) is 0 Å². The second-order valence-corrected chi connectivity index (χ2v) is 25.0. The summed E-state index contributed by atoms with van der Waals surface area (Å²) in [4.78, 5) is 0. The highest BCUT2D eigenvalue weighted by Gasteiger charge is 2.28. The Balaban J connectivity index is 0.000000156. The summed E-state index contributed by atoms with van der Waals surface area (Å²) >= 11 is 0. The van der Waals surface area contributed by atoms with E-state index in [2.05, 4.69) is 0 Å². The number of phenols is 16. The molecule has 12 aromatic carbocycles. The van der Waals surface area contributed by atoms with Crippen LogP contribution in [0.1, 0.15) is 135 Å². The van der Waals surface area contributed by atoms with Gasteiger partial charge in [-0.1, -0.05) is 127 Å². The highest BCUT2D eigenvalue weighted by molar-refractivity contribution is 5.62. The Kier molecular flexibility index (Phi) is 22.0. The van der Waals surface area contributed by atoms with Gasteiger partial charge in [-0.05, 0) is 230 Å². The van der Waals surface area contributed by atoms with Gasteiger partial charge in [0.15, 0.2) is 23.0 Å². The van der Waals surface area contributed by atoms with Gasteiger partial charge in [0.1, 0.15) is 69.0 Å². The summed E-state index contributed by atoms with van der Waals surface area (Å²) < 4.78 is 0. The summed E-state index contributed by atoms with van der Waals surface area (Å²) in [6, 6.07) is 61.5. The lowest BCUT2D eigenvalue weighted by molar-refractivity contribution is 0.403. The van der Waals surface area contributed by atoms with E-state index in [1.807, 2.05) is 102 Å². The smallest absolute Gasteiger partial charge is 0.157 e. The second-order valence-electron chi connectivity index (χ2n) is 25.0. The van der Waals surface area contributed by atoms with Crippen molar-refractivity contribution < 1.29 is 81.7 Å². The van der Waals surface area contributed by atoms with Crippen molar-refractivity contribution in [1.82, 2.24) is 0 Å². The van der Waals surface area contributed by atoms with E-state index in [4.69, 9.17) is 0 Å². The molecular formula is C84H80O16. The number of aromatic hydroxyl groups is 16. The monoisotopic (exact) mass is 1340 g/mol. The van der Waals surface area contributed by atoms with Crippen molar-refractivity contribution in [2.24, 2.45) is 0 Å². The van der Waals surface area contributed by atoms with Crippen molar-refractivity contribution in [2.45, 2.75) is 79.1 Å². The predicted octanol–water partition coefficient (Wildman–Crippen LogP) is 17.2. The van der Waals surface area contributed by atoms with E-state index in [0.29, 0.717) is 33.8 Å². The molecule has 0 saturated carbocycles. The summed E-state index contributed by atoms with van der Waals surface area (Å²) in [6.07, 6.45) is 0.